The molecule has 7 nitrogen and oxygen atoms in total. The molecule has 0 atom stereocenters. The molecule has 0 aromatic heterocycles. The number of hydrogen-bond acceptors (Lipinski definition) is 5. The van der Waals surface area contributed by atoms with E-state index >= 15 is 0 Å². The number of halogens is 2. The van der Waals surface area contributed by atoms with Gasteiger partial charge in [-0.25, -0.2) is 12.8 Å². The zero-order chi connectivity index (χ0) is 25.7. The van der Waals surface area contributed by atoms with Gasteiger partial charge in [0.05, 0.1) is 18.5 Å². The lowest BCUT2D eigenvalue weighted by Crippen LogP contribution is -2.50. The number of ether oxygens (including phenoxy) is 1. The predicted octanol–water partition coefficient (Wildman–Crippen LogP) is 4.17. The van der Waals surface area contributed by atoms with Crippen LogP contribution in [0, 0.1) is 5.82 Å². The van der Waals surface area contributed by atoms with Crippen molar-refractivity contribution >= 4 is 38.9 Å². The summed E-state index contributed by atoms with van der Waals surface area (Å²) in [5.74, 6) is -0.0394. The maximum atomic E-state index is 13.2. The molecule has 0 unspecified atom stereocenters. The molecule has 0 aliphatic carbocycles. The Labute approximate surface area is 215 Å². The van der Waals surface area contributed by atoms with Gasteiger partial charge >= 0.3 is 0 Å². The van der Waals surface area contributed by atoms with Crippen molar-refractivity contribution in [3.63, 3.8) is 0 Å². The largest absolute Gasteiger partial charge is 0.484 e. The number of benzene rings is 3. The Hall–Kier alpha value is -3.30. The van der Waals surface area contributed by atoms with Crippen molar-refractivity contribution in [3.8, 4) is 5.75 Å². The summed E-state index contributed by atoms with van der Waals surface area (Å²) in [7, 11) is -3.58. The van der Waals surface area contributed by atoms with E-state index in [0.29, 0.717) is 48.2 Å². The van der Waals surface area contributed by atoms with E-state index in [9.17, 15) is 17.6 Å². The quantitative estimate of drug-likeness (QED) is 0.436. The fourth-order valence-corrected chi connectivity index (χ4v) is 5.06. The molecular weight excluding hydrogens is 505 g/mol. The summed E-state index contributed by atoms with van der Waals surface area (Å²) < 4.78 is 44.8. The van der Waals surface area contributed by atoms with Gasteiger partial charge in [0.2, 0.25) is 10.0 Å². The van der Waals surface area contributed by atoms with Crippen molar-refractivity contribution in [2.45, 2.75) is 6.54 Å². The first-order valence-corrected chi connectivity index (χ1v) is 13.6. The standard InChI is InChI=1S/C26H27ClFN3O4S/c1-36(33,34)31(18-20-5-7-22(28)8-6-20)23-9-11-25(12-10-23)35-19-26(32)30-15-13-29(14-16-30)24-4-2-3-21(27)17-24/h2-12,17H,13-16,18-19H2,1H3. The van der Waals surface area contributed by atoms with Gasteiger partial charge in [-0.3, -0.25) is 9.10 Å². The van der Waals surface area contributed by atoms with Crippen LogP contribution in [0.15, 0.2) is 72.8 Å². The Kier molecular flexibility index (Phi) is 8.01. The lowest BCUT2D eigenvalue weighted by Gasteiger charge is -2.36. The smallest absolute Gasteiger partial charge is 0.260 e. The fraction of sp³-hybridized carbons (Fsp3) is 0.269. The molecule has 0 saturated carbocycles. The van der Waals surface area contributed by atoms with Crippen LogP contribution in [0.3, 0.4) is 0 Å². The highest BCUT2D eigenvalue weighted by atomic mass is 35.5. The van der Waals surface area contributed by atoms with E-state index in [2.05, 4.69) is 4.90 Å². The molecule has 1 heterocycles. The van der Waals surface area contributed by atoms with Crippen molar-refractivity contribution in [3.05, 3.63) is 89.2 Å². The minimum Gasteiger partial charge on any atom is -0.484 e. The number of sulfonamides is 1. The summed E-state index contributed by atoms with van der Waals surface area (Å²) in [6.07, 6.45) is 1.12. The number of carbonyl (C=O) groups is 1. The van der Waals surface area contributed by atoms with Gasteiger partial charge in [-0.2, -0.15) is 0 Å². The van der Waals surface area contributed by atoms with Gasteiger partial charge in [0, 0.05) is 36.9 Å². The molecule has 1 aliphatic rings. The summed E-state index contributed by atoms with van der Waals surface area (Å²) in [5.41, 5.74) is 2.13. The van der Waals surface area contributed by atoms with Gasteiger partial charge in [-0.05, 0) is 60.2 Å². The third-order valence-corrected chi connectivity index (χ3v) is 7.31. The van der Waals surface area contributed by atoms with Crippen molar-refractivity contribution in [2.24, 2.45) is 0 Å². The predicted molar refractivity (Wildman–Crippen MR) is 140 cm³/mol. The monoisotopic (exact) mass is 531 g/mol. The number of rotatable bonds is 8. The fourth-order valence-electron chi connectivity index (χ4n) is 3.99. The molecule has 0 N–H and O–H groups in total. The van der Waals surface area contributed by atoms with E-state index in [-0.39, 0.29) is 24.9 Å². The normalized spacial score (nSPS) is 14.0. The molecule has 4 rings (SSSR count). The van der Waals surface area contributed by atoms with Crippen molar-refractivity contribution in [1.29, 1.82) is 0 Å². The topological polar surface area (TPSA) is 70.2 Å². The van der Waals surface area contributed by atoms with Crippen LogP contribution in [-0.4, -0.2) is 58.3 Å². The van der Waals surface area contributed by atoms with E-state index in [0.717, 1.165) is 11.9 Å². The van der Waals surface area contributed by atoms with Gasteiger partial charge in [-0.1, -0.05) is 29.8 Å². The number of carbonyl (C=O) groups excluding carboxylic acids is 1. The Morgan fingerprint density at radius 1 is 1.00 bits per heavy atom. The van der Waals surface area contributed by atoms with Gasteiger partial charge in [0.1, 0.15) is 11.6 Å². The molecule has 190 valence electrons. The van der Waals surface area contributed by atoms with Crippen molar-refractivity contribution < 1.29 is 22.3 Å². The molecule has 1 fully saturated rings. The molecule has 0 spiro atoms. The minimum absolute atomic E-state index is 0.0684. The molecule has 3 aromatic carbocycles. The van der Waals surface area contributed by atoms with Crippen LogP contribution in [0.1, 0.15) is 5.56 Å². The second-order valence-corrected chi connectivity index (χ2v) is 10.9. The second kappa shape index (κ2) is 11.2. The molecule has 10 heteroatoms. The van der Waals surface area contributed by atoms with Crippen LogP contribution in [0.5, 0.6) is 5.75 Å². The number of piperazine rings is 1. The second-order valence-electron chi connectivity index (χ2n) is 8.53. The summed E-state index contributed by atoms with van der Waals surface area (Å²) in [6.45, 7) is 2.54. The van der Waals surface area contributed by atoms with E-state index in [1.807, 2.05) is 24.3 Å². The molecule has 3 aromatic rings. The number of hydrogen-bond donors (Lipinski definition) is 0. The lowest BCUT2D eigenvalue weighted by atomic mass is 10.2. The molecule has 1 aliphatic heterocycles. The van der Waals surface area contributed by atoms with Gasteiger partial charge in [-0.15, -0.1) is 0 Å². The molecular formula is C26H27ClFN3O4S. The van der Waals surface area contributed by atoms with E-state index in [4.69, 9.17) is 16.3 Å². The van der Waals surface area contributed by atoms with Gasteiger partial charge in [0.15, 0.2) is 6.61 Å². The summed E-state index contributed by atoms with van der Waals surface area (Å²) in [6, 6.07) is 19.8. The van der Waals surface area contributed by atoms with Crippen LogP contribution in [0.25, 0.3) is 0 Å². The minimum atomic E-state index is -3.58. The van der Waals surface area contributed by atoms with Gasteiger partial charge in [0.25, 0.3) is 5.91 Å². The summed E-state index contributed by atoms with van der Waals surface area (Å²) >= 11 is 6.08. The van der Waals surface area contributed by atoms with E-state index in [1.165, 1.54) is 16.4 Å². The molecule has 0 bridgehead atoms. The molecule has 0 radical (unpaired) electrons. The maximum Gasteiger partial charge on any atom is 0.260 e. The summed E-state index contributed by atoms with van der Waals surface area (Å²) in [4.78, 5) is 16.6. The SMILES string of the molecule is CS(=O)(=O)N(Cc1ccc(F)cc1)c1ccc(OCC(=O)N2CCN(c3cccc(Cl)c3)CC2)cc1. The maximum absolute atomic E-state index is 13.2. The van der Waals surface area contributed by atoms with E-state index in [1.54, 1.807) is 41.3 Å². The van der Waals surface area contributed by atoms with Crippen LogP contribution in [0.4, 0.5) is 15.8 Å². The Morgan fingerprint density at radius 2 is 1.67 bits per heavy atom. The Morgan fingerprint density at radius 3 is 2.28 bits per heavy atom. The highest BCUT2D eigenvalue weighted by molar-refractivity contribution is 7.92. The molecule has 1 saturated heterocycles. The zero-order valence-electron chi connectivity index (χ0n) is 19.8. The first-order chi connectivity index (χ1) is 17.2. The lowest BCUT2D eigenvalue weighted by molar-refractivity contribution is -0.133. The number of nitrogens with zero attached hydrogens (tertiary/aromatic N) is 3. The highest BCUT2D eigenvalue weighted by Gasteiger charge is 2.22. The highest BCUT2D eigenvalue weighted by Crippen LogP contribution is 2.24. The van der Waals surface area contributed by atoms with Crippen LogP contribution >= 0.6 is 11.6 Å². The molecule has 36 heavy (non-hydrogen) atoms. The Bertz CT molecular complexity index is 1300. The summed E-state index contributed by atoms with van der Waals surface area (Å²) in [5, 5.41) is 0.681. The third kappa shape index (κ3) is 6.67. The number of amides is 1. The van der Waals surface area contributed by atoms with Crippen molar-refractivity contribution in [2.75, 3.05) is 48.2 Å². The number of anilines is 2. The molecule has 1 amide bonds. The first kappa shape index (κ1) is 25.8. The van der Waals surface area contributed by atoms with Crippen LogP contribution in [-0.2, 0) is 21.4 Å². The van der Waals surface area contributed by atoms with E-state index < -0.39 is 10.0 Å². The van der Waals surface area contributed by atoms with Crippen molar-refractivity contribution in [1.82, 2.24) is 4.90 Å². The van der Waals surface area contributed by atoms with Crippen LogP contribution in [0.2, 0.25) is 5.02 Å². The van der Waals surface area contributed by atoms with Gasteiger partial charge < -0.3 is 14.5 Å². The average Bonchev–Trinajstić information content (AvgIpc) is 2.87. The average molecular weight is 532 g/mol. The van der Waals surface area contributed by atoms with Crippen LogP contribution < -0.4 is 13.9 Å². The first-order valence-electron chi connectivity index (χ1n) is 11.4. The zero-order valence-corrected chi connectivity index (χ0v) is 21.4. The third-order valence-electron chi connectivity index (χ3n) is 5.93. The Balaban J connectivity index is 1.31.